The third-order valence-electron chi connectivity index (χ3n) is 5.44. The van der Waals surface area contributed by atoms with Crippen molar-refractivity contribution in [3.63, 3.8) is 0 Å². The van der Waals surface area contributed by atoms with Gasteiger partial charge in [0.1, 0.15) is 0 Å². The minimum absolute atomic E-state index is 0.587. The lowest BCUT2D eigenvalue weighted by molar-refractivity contribution is 0.250. The predicted molar refractivity (Wildman–Crippen MR) is 115 cm³/mol. The van der Waals surface area contributed by atoms with Gasteiger partial charge >= 0.3 is 0 Å². The maximum absolute atomic E-state index is 10.7. The number of benzene rings is 3. The second-order valence-electron chi connectivity index (χ2n) is 7.26. The van der Waals surface area contributed by atoms with Crippen LogP contribution in [0.4, 0.5) is 5.69 Å². The van der Waals surface area contributed by atoms with Crippen LogP contribution in [0.25, 0.3) is 11.1 Å². The van der Waals surface area contributed by atoms with Crippen LogP contribution in [-0.4, -0.2) is 37.4 Å². The van der Waals surface area contributed by atoms with Crippen LogP contribution >= 0.6 is 0 Å². The van der Waals surface area contributed by atoms with Crippen LogP contribution in [0.3, 0.4) is 0 Å². The Morgan fingerprint density at radius 3 is 2.31 bits per heavy atom. The Bertz CT molecular complexity index is 1030. The highest BCUT2D eigenvalue weighted by molar-refractivity contribution is 5.76. The molecule has 0 amide bonds. The van der Waals surface area contributed by atoms with Crippen molar-refractivity contribution in [1.82, 2.24) is 4.90 Å². The van der Waals surface area contributed by atoms with Crippen LogP contribution in [0, 0.1) is 11.3 Å². The molecule has 1 heterocycles. The molecule has 29 heavy (non-hydrogen) atoms. The number of nitrogens with zero attached hydrogens (tertiary/aromatic N) is 3. The zero-order valence-electron chi connectivity index (χ0n) is 16.2. The van der Waals surface area contributed by atoms with Gasteiger partial charge < -0.3 is 4.90 Å². The fraction of sp³-hybridized carbons (Fsp3) is 0.200. The van der Waals surface area contributed by atoms with Crippen molar-refractivity contribution >= 4 is 12.0 Å². The zero-order valence-corrected chi connectivity index (χ0v) is 16.2. The Kier molecular flexibility index (Phi) is 5.69. The summed E-state index contributed by atoms with van der Waals surface area (Å²) in [6.07, 6.45) is 1.92. The second-order valence-corrected chi connectivity index (χ2v) is 7.26. The summed E-state index contributed by atoms with van der Waals surface area (Å²) >= 11 is 0. The first-order chi connectivity index (χ1) is 14.3. The molecule has 4 heteroatoms. The summed E-state index contributed by atoms with van der Waals surface area (Å²) in [6.45, 7) is 4.76. The maximum atomic E-state index is 10.7. The van der Waals surface area contributed by atoms with E-state index in [1.165, 1.54) is 11.1 Å². The lowest BCUT2D eigenvalue weighted by Crippen LogP contribution is -2.46. The van der Waals surface area contributed by atoms with Crippen molar-refractivity contribution in [1.29, 1.82) is 5.26 Å². The molecule has 3 aromatic rings. The van der Waals surface area contributed by atoms with Gasteiger partial charge in [0.25, 0.3) is 0 Å². The van der Waals surface area contributed by atoms with E-state index in [2.05, 4.69) is 46.2 Å². The van der Waals surface area contributed by atoms with Crippen molar-refractivity contribution in [3.8, 4) is 17.2 Å². The van der Waals surface area contributed by atoms with Crippen LogP contribution in [0.1, 0.15) is 16.7 Å². The van der Waals surface area contributed by atoms with E-state index in [1.54, 1.807) is 0 Å². The first-order valence-corrected chi connectivity index (χ1v) is 9.81. The third kappa shape index (κ3) is 4.37. The lowest BCUT2D eigenvalue weighted by atomic mass is 9.98. The van der Waals surface area contributed by atoms with Crippen LogP contribution in [0.2, 0.25) is 0 Å². The highest BCUT2D eigenvalue weighted by Gasteiger charge is 2.18. The number of hydrogen-bond donors (Lipinski definition) is 0. The predicted octanol–water partition coefficient (Wildman–Crippen LogP) is 4.01. The molecule has 0 aromatic heterocycles. The van der Waals surface area contributed by atoms with Gasteiger partial charge in [0.05, 0.1) is 11.6 Å². The van der Waals surface area contributed by atoms with Crippen molar-refractivity contribution in [2.45, 2.75) is 6.54 Å². The monoisotopic (exact) mass is 380 g/mol. The maximum Gasteiger partial charge on any atom is 0.233 e. The highest BCUT2D eigenvalue weighted by atomic mass is 16.1. The minimum atomic E-state index is 0.587. The molecule has 1 radical (unpaired) electrons. The molecule has 0 saturated carbocycles. The Morgan fingerprint density at radius 1 is 0.828 bits per heavy atom. The van der Waals surface area contributed by atoms with Crippen molar-refractivity contribution in [2.24, 2.45) is 0 Å². The molecule has 4 nitrogen and oxygen atoms in total. The van der Waals surface area contributed by atoms with Crippen LogP contribution < -0.4 is 4.90 Å². The van der Waals surface area contributed by atoms with E-state index >= 15 is 0 Å². The molecule has 0 N–H and O–H groups in total. The molecule has 1 saturated heterocycles. The first-order valence-electron chi connectivity index (χ1n) is 9.81. The molecule has 1 aliphatic heterocycles. The van der Waals surface area contributed by atoms with Crippen LogP contribution in [0.5, 0.6) is 0 Å². The van der Waals surface area contributed by atoms with Gasteiger partial charge in [0, 0.05) is 44.0 Å². The molecule has 1 aliphatic rings. The minimum Gasteiger partial charge on any atom is -0.369 e. The van der Waals surface area contributed by atoms with Gasteiger partial charge in [-0.05, 0) is 53.1 Å². The molecule has 0 aliphatic carbocycles. The summed E-state index contributed by atoms with van der Waals surface area (Å²) in [5.74, 6) is 0. The molecule has 0 spiro atoms. The average molecular weight is 380 g/mol. The van der Waals surface area contributed by atoms with Gasteiger partial charge in [-0.25, -0.2) is 0 Å². The van der Waals surface area contributed by atoms with Gasteiger partial charge in [-0.2, -0.15) is 5.26 Å². The number of piperazine rings is 1. The first kappa shape index (κ1) is 18.9. The van der Waals surface area contributed by atoms with Gasteiger partial charge in [-0.1, -0.05) is 36.4 Å². The Hall–Kier alpha value is -3.42. The molecule has 4 rings (SSSR count). The summed E-state index contributed by atoms with van der Waals surface area (Å²) in [5.41, 5.74) is 5.98. The van der Waals surface area contributed by atoms with Crippen LogP contribution in [-0.2, 0) is 11.3 Å². The third-order valence-corrected chi connectivity index (χ3v) is 5.44. The topological polar surface area (TPSA) is 47.3 Å². The number of rotatable bonds is 5. The standard InChI is InChI=1S/C25H22N3O/c26-17-21-4-3-6-22(16-21)25-7-2-1-5-23(25)18-27-12-14-28(15-13-27)24-10-8-20(19-29)9-11-24/h1-11,16H,12-15,18H2. The van der Waals surface area contributed by atoms with Crippen molar-refractivity contribution < 1.29 is 4.79 Å². The summed E-state index contributed by atoms with van der Waals surface area (Å²) < 4.78 is 0. The zero-order chi connectivity index (χ0) is 20.1. The highest BCUT2D eigenvalue weighted by Crippen LogP contribution is 2.26. The van der Waals surface area contributed by atoms with Crippen molar-refractivity contribution in [2.75, 3.05) is 31.1 Å². The molecule has 0 atom stereocenters. The molecular weight excluding hydrogens is 358 g/mol. The summed E-state index contributed by atoms with van der Waals surface area (Å²) in [4.78, 5) is 15.5. The van der Waals surface area contributed by atoms with Crippen molar-refractivity contribution in [3.05, 3.63) is 89.5 Å². The fourth-order valence-corrected chi connectivity index (χ4v) is 3.84. The summed E-state index contributed by atoms with van der Waals surface area (Å²) in [6, 6.07) is 26.1. The number of nitriles is 1. The largest absolute Gasteiger partial charge is 0.369 e. The summed E-state index contributed by atoms with van der Waals surface area (Å²) in [5, 5.41) is 9.21. The molecule has 0 unspecified atom stereocenters. The number of anilines is 1. The number of carbonyl (C=O) groups excluding carboxylic acids is 1. The van der Waals surface area contributed by atoms with E-state index in [0.29, 0.717) is 11.1 Å². The molecule has 3 aromatic carbocycles. The Labute approximate surface area is 171 Å². The van der Waals surface area contributed by atoms with Gasteiger partial charge in [0.2, 0.25) is 6.29 Å². The Morgan fingerprint density at radius 2 is 1.59 bits per heavy atom. The smallest absolute Gasteiger partial charge is 0.233 e. The molecule has 143 valence electrons. The van der Waals surface area contributed by atoms with Gasteiger partial charge in [0.15, 0.2) is 0 Å². The SMILES string of the molecule is N#Cc1cccc(-c2ccccc2CN2CCN(c3ccc([C]=O)cc3)CC2)c1. The molecule has 1 fully saturated rings. The summed E-state index contributed by atoms with van der Waals surface area (Å²) in [7, 11) is 0. The Balaban J connectivity index is 1.44. The fourth-order valence-electron chi connectivity index (χ4n) is 3.84. The van der Waals surface area contributed by atoms with E-state index in [1.807, 2.05) is 48.8 Å². The number of hydrogen-bond acceptors (Lipinski definition) is 4. The van der Waals surface area contributed by atoms with Gasteiger partial charge in [-0.3, -0.25) is 9.69 Å². The van der Waals surface area contributed by atoms with E-state index in [-0.39, 0.29) is 0 Å². The lowest BCUT2D eigenvalue weighted by Gasteiger charge is -2.36. The van der Waals surface area contributed by atoms with Gasteiger partial charge in [-0.15, -0.1) is 0 Å². The van der Waals surface area contributed by atoms with E-state index in [4.69, 9.17) is 0 Å². The van der Waals surface area contributed by atoms with E-state index in [0.717, 1.165) is 44.0 Å². The van der Waals surface area contributed by atoms with E-state index in [9.17, 15) is 10.1 Å². The second kappa shape index (κ2) is 8.72. The normalized spacial score (nSPS) is 14.4. The van der Waals surface area contributed by atoms with E-state index < -0.39 is 0 Å². The van der Waals surface area contributed by atoms with Crippen LogP contribution in [0.15, 0.2) is 72.8 Å². The average Bonchev–Trinajstić information content (AvgIpc) is 2.80. The molecule has 0 bridgehead atoms. The quantitative estimate of drug-likeness (QED) is 0.671. The molecular formula is C25H22N3O.